The smallest absolute Gasteiger partial charge is 0.321 e. The fourth-order valence-electron chi connectivity index (χ4n) is 2.90. The van der Waals surface area contributed by atoms with Crippen LogP contribution in [0.5, 0.6) is 11.8 Å². The van der Waals surface area contributed by atoms with Crippen molar-refractivity contribution in [2.24, 2.45) is 0 Å². The van der Waals surface area contributed by atoms with Crippen molar-refractivity contribution in [2.75, 3.05) is 16.8 Å². The Morgan fingerprint density at radius 1 is 1.15 bits per heavy atom. The number of carbonyl (C=O) groups excluding carboxylic acids is 1. The molecule has 4 rings (SSSR count). The number of ether oxygens (including phenoxy) is 1. The first-order valence-electron chi connectivity index (χ1n) is 8.31. The van der Waals surface area contributed by atoms with E-state index in [1.54, 1.807) is 60.3 Å². The molecule has 2 aromatic heterocycles. The number of thiazole rings is 1. The number of anilines is 2. The number of aromatic nitrogens is 3. The first-order chi connectivity index (χ1) is 12.8. The molecule has 0 spiro atoms. The third-order valence-corrected chi connectivity index (χ3v) is 4.90. The first-order valence-corrected chi connectivity index (χ1v) is 9.19. The Morgan fingerprint density at radius 2 is 1.96 bits per heavy atom. The van der Waals surface area contributed by atoms with Gasteiger partial charge in [-0.3, -0.25) is 4.79 Å². The van der Waals surface area contributed by atoms with E-state index in [-0.39, 0.29) is 18.0 Å². The standard InChI is InChI=1S/C18H17N5O2S/c24-16(15-3-1-11-23(15)18-21-10-12-26-18)22-13-4-6-14(7-5-13)25-17-19-8-2-9-20-17/h2,4-10,12,15H,1,3,11H2,(H,22,24). The Bertz CT molecular complexity index is 855. The number of nitrogens with zero attached hydrogens (tertiary/aromatic N) is 4. The van der Waals surface area contributed by atoms with E-state index in [0.29, 0.717) is 5.75 Å². The van der Waals surface area contributed by atoms with Crippen molar-refractivity contribution in [2.45, 2.75) is 18.9 Å². The van der Waals surface area contributed by atoms with Crippen LogP contribution in [0.1, 0.15) is 12.8 Å². The zero-order valence-corrected chi connectivity index (χ0v) is 14.7. The number of hydrogen-bond acceptors (Lipinski definition) is 7. The van der Waals surface area contributed by atoms with E-state index in [2.05, 4.69) is 25.2 Å². The van der Waals surface area contributed by atoms with Crippen molar-refractivity contribution in [3.63, 3.8) is 0 Å². The molecule has 7 nitrogen and oxygen atoms in total. The lowest BCUT2D eigenvalue weighted by Gasteiger charge is -2.23. The van der Waals surface area contributed by atoms with Gasteiger partial charge in [0.05, 0.1) is 0 Å². The molecule has 1 aliphatic heterocycles. The number of amides is 1. The number of rotatable bonds is 5. The highest BCUT2D eigenvalue weighted by Crippen LogP contribution is 2.28. The van der Waals surface area contributed by atoms with E-state index in [1.807, 2.05) is 5.38 Å². The number of hydrogen-bond donors (Lipinski definition) is 1. The molecule has 1 aliphatic rings. The van der Waals surface area contributed by atoms with Crippen molar-refractivity contribution in [3.05, 3.63) is 54.3 Å². The molecule has 1 aromatic carbocycles. The predicted octanol–water partition coefficient (Wildman–Crippen LogP) is 3.33. The summed E-state index contributed by atoms with van der Waals surface area (Å²) in [6, 6.07) is 8.99. The Kier molecular flexibility index (Phi) is 4.74. The summed E-state index contributed by atoms with van der Waals surface area (Å²) in [6.45, 7) is 0.857. The van der Waals surface area contributed by atoms with Crippen LogP contribution in [0, 0.1) is 0 Å². The third-order valence-electron chi connectivity index (χ3n) is 4.09. The summed E-state index contributed by atoms with van der Waals surface area (Å²) in [6.07, 6.45) is 6.82. The second kappa shape index (κ2) is 7.49. The van der Waals surface area contributed by atoms with Crippen LogP contribution in [-0.4, -0.2) is 33.4 Å². The molecule has 0 saturated carbocycles. The van der Waals surface area contributed by atoms with E-state index < -0.39 is 0 Å². The molecule has 132 valence electrons. The number of carbonyl (C=O) groups is 1. The number of nitrogens with one attached hydrogen (secondary N) is 1. The molecular formula is C18H17N5O2S. The lowest BCUT2D eigenvalue weighted by Crippen LogP contribution is -2.39. The Labute approximate surface area is 154 Å². The van der Waals surface area contributed by atoms with Gasteiger partial charge in [-0.1, -0.05) is 0 Å². The van der Waals surface area contributed by atoms with E-state index in [4.69, 9.17) is 4.74 Å². The SMILES string of the molecule is O=C(Nc1ccc(Oc2ncccn2)cc1)C1CCCN1c1nccs1. The summed E-state index contributed by atoms with van der Waals surface area (Å²) >= 11 is 1.56. The van der Waals surface area contributed by atoms with Crippen LogP contribution >= 0.6 is 11.3 Å². The summed E-state index contributed by atoms with van der Waals surface area (Å²) in [5, 5.41) is 5.80. The molecule has 1 unspecified atom stereocenters. The zero-order valence-electron chi connectivity index (χ0n) is 13.9. The zero-order chi connectivity index (χ0) is 17.8. The van der Waals surface area contributed by atoms with Crippen molar-refractivity contribution in [1.29, 1.82) is 0 Å². The molecule has 0 radical (unpaired) electrons. The lowest BCUT2D eigenvalue weighted by atomic mass is 10.2. The van der Waals surface area contributed by atoms with Gasteiger partial charge in [-0.2, -0.15) is 0 Å². The first kappa shape index (κ1) is 16.5. The minimum absolute atomic E-state index is 0.0160. The van der Waals surface area contributed by atoms with Crippen molar-refractivity contribution < 1.29 is 9.53 Å². The van der Waals surface area contributed by atoms with Crippen LogP contribution in [0.4, 0.5) is 10.8 Å². The van der Waals surface area contributed by atoms with E-state index in [1.165, 1.54) is 0 Å². The summed E-state index contributed by atoms with van der Waals surface area (Å²) in [5.41, 5.74) is 0.724. The third kappa shape index (κ3) is 3.65. The van der Waals surface area contributed by atoms with Crippen molar-refractivity contribution >= 4 is 28.1 Å². The normalized spacial score (nSPS) is 16.5. The van der Waals surface area contributed by atoms with Crippen LogP contribution in [-0.2, 0) is 4.79 Å². The summed E-state index contributed by atoms with van der Waals surface area (Å²) in [4.78, 5) is 27.1. The molecule has 1 saturated heterocycles. The lowest BCUT2D eigenvalue weighted by molar-refractivity contribution is -0.117. The molecule has 26 heavy (non-hydrogen) atoms. The Morgan fingerprint density at radius 3 is 2.69 bits per heavy atom. The molecule has 0 aliphatic carbocycles. The van der Waals surface area contributed by atoms with Crippen LogP contribution < -0.4 is 15.0 Å². The fourth-order valence-corrected chi connectivity index (χ4v) is 3.62. The van der Waals surface area contributed by atoms with Crippen molar-refractivity contribution in [3.8, 4) is 11.8 Å². The van der Waals surface area contributed by atoms with E-state index in [9.17, 15) is 4.79 Å². The maximum Gasteiger partial charge on any atom is 0.321 e. The van der Waals surface area contributed by atoms with Gasteiger partial charge < -0.3 is 15.0 Å². The van der Waals surface area contributed by atoms with Gasteiger partial charge in [0.2, 0.25) is 5.91 Å². The average molecular weight is 367 g/mol. The Balaban J connectivity index is 1.40. The molecule has 0 bridgehead atoms. The summed E-state index contributed by atoms with van der Waals surface area (Å²) in [5.74, 6) is 0.595. The van der Waals surface area contributed by atoms with Gasteiger partial charge in [0.1, 0.15) is 11.8 Å². The number of benzene rings is 1. The van der Waals surface area contributed by atoms with Crippen LogP contribution in [0.3, 0.4) is 0 Å². The maximum atomic E-state index is 12.7. The molecular weight excluding hydrogens is 350 g/mol. The predicted molar refractivity (Wildman–Crippen MR) is 99.7 cm³/mol. The van der Waals surface area contributed by atoms with Gasteiger partial charge in [0.25, 0.3) is 0 Å². The van der Waals surface area contributed by atoms with E-state index >= 15 is 0 Å². The molecule has 1 amide bonds. The maximum absolute atomic E-state index is 12.7. The fraction of sp³-hybridized carbons (Fsp3) is 0.222. The highest BCUT2D eigenvalue weighted by Gasteiger charge is 2.32. The molecule has 3 heterocycles. The van der Waals surface area contributed by atoms with Crippen LogP contribution in [0.2, 0.25) is 0 Å². The summed E-state index contributed by atoms with van der Waals surface area (Å²) < 4.78 is 5.55. The van der Waals surface area contributed by atoms with Crippen LogP contribution in [0.15, 0.2) is 54.3 Å². The average Bonchev–Trinajstić information content (AvgIpc) is 3.35. The largest absolute Gasteiger partial charge is 0.424 e. The second-order valence-electron chi connectivity index (χ2n) is 5.81. The van der Waals surface area contributed by atoms with Crippen molar-refractivity contribution in [1.82, 2.24) is 15.0 Å². The topological polar surface area (TPSA) is 80.2 Å². The quantitative estimate of drug-likeness (QED) is 0.745. The van der Waals surface area contributed by atoms with Gasteiger partial charge in [0.15, 0.2) is 5.13 Å². The van der Waals surface area contributed by atoms with E-state index in [0.717, 1.165) is 30.2 Å². The molecule has 8 heteroatoms. The minimum Gasteiger partial charge on any atom is -0.424 e. The van der Waals surface area contributed by atoms with Gasteiger partial charge in [0, 0.05) is 36.2 Å². The minimum atomic E-state index is -0.185. The van der Waals surface area contributed by atoms with Crippen LogP contribution in [0.25, 0.3) is 0 Å². The summed E-state index contributed by atoms with van der Waals surface area (Å²) in [7, 11) is 0. The van der Waals surface area contributed by atoms with Gasteiger partial charge in [-0.15, -0.1) is 11.3 Å². The van der Waals surface area contributed by atoms with Gasteiger partial charge in [-0.25, -0.2) is 15.0 Å². The monoisotopic (exact) mass is 367 g/mol. The second-order valence-corrected chi connectivity index (χ2v) is 6.69. The molecule has 1 N–H and O–H groups in total. The molecule has 3 aromatic rings. The van der Waals surface area contributed by atoms with Gasteiger partial charge in [-0.05, 0) is 43.2 Å². The highest BCUT2D eigenvalue weighted by molar-refractivity contribution is 7.13. The molecule has 1 atom stereocenters. The van der Waals surface area contributed by atoms with Gasteiger partial charge >= 0.3 is 6.01 Å². The Hall–Kier alpha value is -3.00. The molecule has 1 fully saturated rings. The highest BCUT2D eigenvalue weighted by atomic mass is 32.1.